The fourth-order valence-corrected chi connectivity index (χ4v) is 4.00. The molecule has 0 aromatic heterocycles. The van der Waals surface area contributed by atoms with E-state index in [0.717, 1.165) is 12.8 Å². The van der Waals surface area contributed by atoms with E-state index in [0.29, 0.717) is 12.0 Å². The van der Waals surface area contributed by atoms with Gasteiger partial charge in [0.05, 0.1) is 5.41 Å². The molecular weight excluding hydrogens is 286 g/mol. The number of nitrogens with zero attached hydrogens (tertiary/aromatic N) is 1. The van der Waals surface area contributed by atoms with Gasteiger partial charge in [-0.2, -0.15) is 0 Å². The Hall–Kier alpha value is -1.13. The summed E-state index contributed by atoms with van der Waals surface area (Å²) < 4.78 is 0. The molecule has 1 aliphatic heterocycles. The van der Waals surface area contributed by atoms with Gasteiger partial charge in [-0.3, -0.25) is 4.79 Å². The first-order chi connectivity index (χ1) is 11.0. The molecule has 0 radical (unpaired) electrons. The lowest BCUT2D eigenvalue weighted by atomic mass is 9.72. The summed E-state index contributed by atoms with van der Waals surface area (Å²) in [6.07, 6.45) is 14.4. The first kappa shape index (κ1) is 18.2. The lowest BCUT2D eigenvalue weighted by Gasteiger charge is -2.39. The average molecular weight is 319 g/mol. The Morgan fingerprint density at radius 3 is 2.52 bits per heavy atom. The van der Waals surface area contributed by atoms with E-state index in [2.05, 4.69) is 18.7 Å². The molecule has 4 heteroatoms. The maximum Gasteiger partial charge on any atom is 0.229 e. The number of carbonyl (C=O) groups is 1. The van der Waals surface area contributed by atoms with Crippen LogP contribution in [0.3, 0.4) is 0 Å². The van der Waals surface area contributed by atoms with Crippen molar-refractivity contribution in [1.82, 2.24) is 4.90 Å². The molecule has 3 unspecified atom stereocenters. The number of carbonyl (C=O) groups excluding carboxylic acids is 1. The Bertz CT molecular complexity index is 452. The second-order valence-corrected chi connectivity index (χ2v) is 7.59. The third-order valence-electron chi connectivity index (χ3n) is 5.42. The normalized spacial score (nSPS) is 29.8. The largest absolute Gasteiger partial charge is 0.369 e. The topological polar surface area (TPSA) is 72.3 Å². The van der Waals surface area contributed by atoms with Crippen LogP contribution in [-0.2, 0) is 4.79 Å². The molecule has 1 aliphatic carbocycles. The molecule has 0 aromatic rings. The smallest absolute Gasteiger partial charge is 0.229 e. The van der Waals surface area contributed by atoms with E-state index in [1.54, 1.807) is 0 Å². The van der Waals surface area contributed by atoms with Crippen LogP contribution in [0.1, 0.15) is 52.4 Å². The fraction of sp³-hybridized carbons (Fsp3) is 0.737. The highest BCUT2D eigenvalue weighted by atomic mass is 16.1. The van der Waals surface area contributed by atoms with Gasteiger partial charge in [0.2, 0.25) is 5.91 Å². The summed E-state index contributed by atoms with van der Waals surface area (Å²) in [4.78, 5) is 14.8. The second-order valence-electron chi connectivity index (χ2n) is 7.59. The van der Waals surface area contributed by atoms with Crippen LogP contribution in [0.25, 0.3) is 0 Å². The molecule has 1 saturated heterocycles. The predicted octanol–water partition coefficient (Wildman–Crippen LogP) is 2.59. The molecule has 2 rings (SSSR count). The molecule has 0 saturated carbocycles. The summed E-state index contributed by atoms with van der Waals surface area (Å²) in [5.74, 6) is 0.356. The van der Waals surface area contributed by atoms with Crippen molar-refractivity contribution < 1.29 is 4.79 Å². The van der Waals surface area contributed by atoms with Crippen molar-refractivity contribution in [2.45, 2.75) is 64.5 Å². The zero-order chi connectivity index (χ0) is 16.9. The lowest BCUT2D eigenvalue weighted by Crippen LogP contribution is -2.50. The number of piperidine rings is 1. The molecule has 4 N–H and O–H groups in total. The van der Waals surface area contributed by atoms with E-state index in [1.807, 2.05) is 24.3 Å². The Balaban J connectivity index is 2.07. The van der Waals surface area contributed by atoms with Crippen LogP contribution >= 0.6 is 0 Å². The van der Waals surface area contributed by atoms with Gasteiger partial charge in [-0.25, -0.2) is 0 Å². The molecule has 0 aromatic carbocycles. The maximum absolute atomic E-state index is 12.1. The summed E-state index contributed by atoms with van der Waals surface area (Å²) in [6.45, 7) is 6.91. The van der Waals surface area contributed by atoms with E-state index in [4.69, 9.17) is 11.5 Å². The second kappa shape index (κ2) is 8.11. The van der Waals surface area contributed by atoms with Gasteiger partial charge in [-0.1, -0.05) is 44.6 Å². The Labute approximate surface area is 141 Å². The minimum absolute atomic E-state index is 0.299. The van der Waals surface area contributed by atoms with Crippen LogP contribution in [-0.4, -0.2) is 36.0 Å². The van der Waals surface area contributed by atoms with Gasteiger partial charge in [0.25, 0.3) is 0 Å². The lowest BCUT2D eigenvalue weighted by molar-refractivity contribution is -0.126. The molecule has 0 spiro atoms. The number of hydrogen-bond donors (Lipinski definition) is 2. The number of allylic oxidation sites excluding steroid dienone is 2. The highest BCUT2D eigenvalue weighted by molar-refractivity contribution is 5.84. The van der Waals surface area contributed by atoms with Crippen molar-refractivity contribution >= 4 is 5.91 Å². The minimum atomic E-state index is -0.722. The number of primary amides is 1. The van der Waals surface area contributed by atoms with Crippen molar-refractivity contribution in [2.75, 3.05) is 13.1 Å². The van der Waals surface area contributed by atoms with Gasteiger partial charge in [0.1, 0.15) is 0 Å². The summed E-state index contributed by atoms with van der Waals surface area (Å²) >= 11 is 0. The number of likely N-dealkylation sites (tertiary alicyclic amines) is 1. The van der Waals surface area contributed by atoms with Gasteiger partial charge >= 0.3 is 0 Å². The molecule has 2 aliphatic rings. The van der Waals surface area contributed by atoms with E-state index in [1.165, 1.54) is 38.8 Å². The van der Waals surface area contributed by atoms with Gasteiger partial charge in [-0.15, -0.1) is 0 Å². The number of amides is 1. The van der Waals surface area contributed by atoms with Crippen LogP contribution < -0.4 is 11.5 Å². The molecule has 130 valence electrons. The van der Waals surface area contributed by atoms with Crippen LogP contribution in [0.15, 0.2) is 24.3 Å². The van der Waals surface area contributed by atoms with E-state index < -0.39 is 5.41 Å². The summed E-state index contributed by atoms with van der Waals surface area (Å²) in [5, 5.41) is 0. The van der Waals surface area contributed by atoms with Crippen molar-refractivity contribution in [3.63, 3.8) is 0 Å². The zero-order valence-corrected chi connectivity index (χ0v) is 14.7. The summed E-state index contributed by atoms with van der Waals surface area (Å²) in [7, 11) is 0. The van der Waals surface area contributed by atoms with Gasteiger partial charge in [-0.05, 0) is 51.1 Å². The Morgan fingerprint density at radius 2 is 1.96 bits per heavy atom. The monoisotopic (exact) mass is 319 g/mol. The number of rotatable bonds is 7. The highest BCUT2D eigenvalue weighted by Crippen LogP contribution is 2.34. The van der Waals surface area contributed by atoms with Crippen molar-refractivity contribution in [1.29, 1.82) is 0 Å². The number of nitrogens with two attached hydrogens (primary N) is 2. The van der Waals surface area contributed by atoms with Crippen molar-refractivity contribution in [3.8, 4) is 0 Å². The molecule has 23 heavy (non-hydrogen) atoms. The van der Waals surface area contributed by atoms with Crippen LogP contribution in [0.4, 0.5) is 0 Å². The third-order valence-corrected chi connectivity index (χ3v) is 5.42. The van der Waals surface area contributed by atoms with Gasteiger partial charge < -0.3 is 16.4 Å². The van der Waals surface area contributed by atoms with E-state index >= 15 is 0 Å². The SMILES string of the molecule is CC(C)CC(CCC1(C(N)=O)C=CC=CC1N)N1CCCCC1. The first-order valence-electron chi connectivity index (χ1n) is 9.11. The Morgan fingerprint density at radius 1 is 1.26 bits per heavy atom. The summed E-state index contributed by atoms with van der Waals surface area (Å²) in [6, 6.07) is 0.212. The minimum Gasteiger partial charge on any atom is -0.369 e. The standard InChI is InChI=1S/C19H33N3O/c1-15(2)14-16(22-12-6-3-7-13-22)9-11-19(18(21)23)10-5-4-8-17(19)20/h4-5,8,10,15-17H,3,6-7,9,11-14,20H2,1-2H3,(H2,21,23). The van der Waals surface area contributed by atoms with Gasteiger partial charge in [0, 0.05) is 12.1 Å². The highest BCUT2D eigenvalue weighted by Gasteiger charge is 2.40. The predicted molar refractivity (Wildman–Crippen MR) is 95.8 cm³/mol. The van der Waals surface area contributed by atoms with Crippen molar-refractivity contribution in [2.24, 2.45) is 22.8 Å². The summed E-state index contributed by atoms with van der Waals surface area (Å²) in [5.41, 5.74) is 11.2. The van der Waals surface area contributed by atoms with Crippen molar-refractivity contribution in [3.05, 3.63) is 24.3 Å². The molecule has 1 fully saturated rings. The quantitative estimate of drug-likeness (QED) is 0.757. The van der Waals surface area contributed by atoms with Crippen LogP contribution in [0, 0.1) is 11.3 Å². The molecule has 3 atom stereocenters. The van der Waals surface area contributed by atoms with Crippen LogP contribution in [0.2, 0.25) is 0 Å². The van der Waals surface area contributed by atoms with E-state index in [-0.39, 0.29) is 11.9 Å². The molecule has 1 heterocycles. The maximum atomic E-state index is 12.1. The first-order valence-corrected chi connectivity index (χ1v) is 9.11. The zero-order valence-electron chi connectivity index (χ0n) is 14.7. The average Bonchev–Trinajstić information content (AvgIpc) is 2.53. The van der Waals surface area contributed by atoms with Gasteiger partial charge in [0.15, 0.2) is 0 Å². The fourth-order valence-electron chi connectivity index (χ4n) is 4.00. The molecule has 4 nitrogen and oxygen atoms in total. The van der Waals surface area contributed by atoms with E-state index in [9.17, 15) is 4.79 Å². The molecule has 0 bridgehead atoms. The third kappa shape index (κ3) is 4.45. The van der Waals surface area contributed by atoms with Crippen LogP contribution in [0.5, 0.6) is 0 Å². The molecule has 1 amide bonds. The number of hydrogen-bond acceptors (Lipinski definition) is 3. The Kier molecular flexibility index (Phi) is 6.42. The molecular formula is C19H33N3O.